The number of para-hydroxylation sites is 1. The Morgan fingerprint density at radius 3 is 3.10 bits per heavy atom. The summed E-state index contributed by atoms with van der Waals surface area (Å²) in [6, 6.07) is 5.18. The van der Waals surface area contributed by atoms with E-state index in [1.165, 1.54) is 0 Å². The van der Waals surface area contributed by atoms with Gasteiger partial charge in [0.25, 0.3) is 6.29 Å². The lowest BCUT2D eigenvalue weighted by molar-refractivity contribution is -0.284. The highest BCUT2D eigenvalue weighted by Gasteiger charge is 2.36. The van der Waals surface area contributed by atoms with Gasteiger partial charge in [0.05, 0.1) is 5.69 Å². The van der Waals surface area contributed by atoms with Gasteiger partial charge in [0.2, 0.25) is 6.23 Å². The van der Waals surface area contributed by atoms with Crippen molar-refractivity contribution in [2.24, 2.45) is 0 Å². The van der Waals surface area contributed by atoms with Crippen LogP contribution < -0.4 is 25.8 Å². The van der Waals surface area contributed by atoms with Crippen molar-refractivity contribution >= 4 is 11.7 Å². The molecule has 2 aliphatic heterocycles. The zero-order valence-corrected chi connectivity index (χ0v) is 10.3. The first-order valence-corrected chi connectivity index (χ1v) is 5.92. The summed E-state index contributed by atoms with van der Waals surface area (Å²) in [5.74, 6) is 0.00891. The second-order valence-corrected chi connectivity index (χ2v) is 4.10. The maximum absolute atomic E-state index is 10.6. The van der Waals surface area contributed by atoms with Crippen LogP contribution in [-0.4, -0.2) is 36.9 Å². The van der Waals surface area contributed by atoms with Gasteiger partial charge in [0.15, 0.2) is 11.5 Å². The molecule has 2 heterocycles. The lowest BCUT2D eigenvalue weighted by Crippen LogP contribution is -2.53. The first-order chi connectivity index (χ1) is 9.74. The Morgan fingerprint density at radius 2 is 2.35 bits per heavy atom. The van der Waals surface area contributed by atoms with E-state index in [1.54, 1.807) is 18.2 Å². The third kappa shape index (κ3) is 2.60. The van der Waals surface area contributed by atoms with Crippen LogP contribution in [0, 0.1) is 0 Å². The number of hydrogen-bond acceptors (Lipinski definition) is 8. The Labute approximate surface area is 113 Å². The lowest BCUT2D eigenvalue weighted by atomic mass is 10.2. The minimum Gasteiger partial charge on any atom is -0.480 e. The molecular formula is C11H13N3O6. The summed E-state index contributed by atoms with van der Waals surface area (Å²) >= 11 is 0. The lowest BCUT2D eigenvalue weighted by Gasteiger charge is -2.26. The van der Waals surface area contributed by atoms with Gasteiger partial charge in [-0.25, -0.2) is 4.84 Å². The third-order valence-corrected chi connectivity index (χ3v) is 2.72. The molecule has 4 N–H and O–H groups in total. The molecule has 0 aromatic heterocycles. The molecule has 0 radical (unpaired) electrons. The van der Waals surface area contributed by atoms with E-state index < -0.39 is 18.5 Å². The topological polar surface area (TPSA) is 110 Å². The summed E-state index contributed by atoms with van der Waals surface area (Å²) in [6.45, 7) is 0.0341. The van der Waals surface area contributed by atoms with Gasteiger partial charge in [0, 0.05) is 0 Å². The van der Waals surface area contributed by atoms with E-state index in [0.717, 1.165) is 0 Å². The molecule has 1 saturated heterocycles. The van der Waals surface area contributed by atoms with E-state index in [2.05, 4.69) is 16.3 Å². The van der Waals surface area contributed by atoms with Crippen LogP contribution >= 0.6 is 0 Å². The number of hydrogen-bond donors (Lipinski definition) is 4. The third-order valence-electron chi connectivity index (χ3n) is 2.72. The summed E-state index contributed by atoms with van der Waals surface area (Å²) in [5.41, 5.74) is 2.83. The monoisotopic (exact) mass is 283 g/mol. The van der Waals surface area contributed by atoms with Crippen LogP contribution in [0.2, 0.25) is 0 Å². The fraction of sp³-hybridized carbons (Fsp3) is 0.364. The highest BCUT2D eigenvalue weighted by Crippen LogP contribution is 2.41. The van der Waals surface area contributed by atoms with Gasteiger partial charge in [-0.3, -0.25) is 14.9 Å². The Kier molecular flexibility index (Phi) is 3.56. The molecule has 1 aromatic rings. The van der Waals surface area contributed by atoms with Gasteiger partial charge < -0.3 is 19.9 Å². The molecule has 9 nitrogen and oxygen atoms in total. The van der Waals surface area contributed by atoms with Crippen molar-refractivity contribution in [3.63, 3.8) is 0 Å². The highest BCUT2D eigenvalue weighted by molar-refractivity contribution is 5.75. The van der Waals surface area contributed by atoms with Gasteiger partial charge in [-0.05, 0) is 12.1 Å². The maximum Gasteiger partial charge on any atom is 0.322 e. The smallest absolute Gasteiger partial charge is 0.322 e. The van der Waals surface area contributed by atoms with Gasteiger partial charge in [-0.2, -0.15) is 0 Å². The molecular weight excluding hydrogens is 270 g/mol. The molecule has 0 amide bonds. The molecule has 2 unspecified atom stereocenters. The van der Waals surface area contributed by atoms with E-state index in [0.29, 0.717) is 17.2 Å². The number of carboxylic acids is 1. The van der Waals surface area contributed by atoms with Gasteiger partial charge in [0.1, 0.15) is 13.3 Å². The van der Waals surface area contributed by atoms with Crippen LogP contribution in [-0.2, 0) is 14.5 Å². The standard InChI is InChI=1S/C11H13N3O6/c15-8(16)4-12-6-2-1-3-7-9(6)19-11(18-7)10-13-5-17-14-20-10/h1-3,10-14H,4-5H2,(H,15,16). The molecule has 1 aromatic carbocycles. The maximum atomic E-state index is 10.6. The number of aliphatic carboxylic acids is 1. The van der Waals surface area contributed by atoms with E-state index in [-0.39, 0.29) is 13.3 Å². The highest BCUT2D eigenvalue weighted by atomic mass is 16.9. The largest absolute Gasteiger partial charge is 0.480 e. The summed E-state index contributed by atoms with van der Waals surface area (Å²) < 4.78 is 11.3. The zero-order chi connectivity index (χ0) is 13.9. The van der Waals surface area contributed by atoms with Crippen molar-refractivity contribution in [1.29, 1.82) is 0 Å². The second kappa shape index (κ2) is 5.51. The molecule has 2 aliphatic rings. The number of carboxylic acid groups (broad SMARTS) is 1. The second-order valence-electron chi connectivity index (χ2n) is 4.10. The minimum atomic E-state index is -0.961. The Hall–Kier alpha value is -2.07. The summed E-state index contributed by atoms with van der Waals surface area (Å²) in [7, 11) is 0. The zero-order valence-electron chi connectivity index (χ0n) is 10.3. The van der Waals surface area contributed by atoms with Crippen LogP contribution in [0.3, 0.4) is 0 Å². The Balaban J connectivity index is 1.71. The molecule has 9 heteroatoms. The van der Waals surface area contributed by atoms with Crippen molar-refractivity contribution in [3.05, 3.63) is 18.2 Å². The average Bonchev–Trinajstić information content (AvgIpc) is 2.90. The predicted octanol–water partition coefficient (Wildman–Crippen LogP) is -0.380. The van der Waals surface area contributed by atoms with Crippen LogP contribution in [0.5, 0.6) is 11.5 Å². The first-order valence-electron chi connectivity index (χ1n) is 5.92. The van der Waals surface area contributed by atoms with Crippen molar-refractivity contribution in [1.82, 2.24) is 11.0 Å². The Morgan fingerprint density at radius 1 is 1.45 bits per heavy atom. The molecule has 1 fully saturated rings. The molecule has 2 atom stereocenters. The minimum absolute atomic E-state index is 0.210. The van der Waals surface area contributed by atoms with Crippen molar-refractivity contribution in [2.45, 2.75) is 12.5 Å². The Bertz CT molecular complexity index is 505. The quantitative estimate of drug-likeness (QED) is 0.587. The van der Waals surface area contributed by atoms with E-state index in [4.69, 9.17) is 24.3 Å². The van der Waals surface area contributed by atoms with E-state index in [1.807, 2.05) is 0 Å². The van der Waals surface area contributed by atoms with Crippen LogP contribution in [0.4, 0.5) is 5.69 Å². The van der Waals surface area contributed by atoms with Gasteiger partial charge in [-0.1, -0.05) is 11.7 Å². The number of carbonyl (C=O) groups is 1. The SMILES string of the molecule is O=C(O)CNc1cccc2c1OC(C1NCONO1)O2. The van der Waals surface area contributed by atoms with Gasteiger partial charge >= 0.3 is 5.97 Å². The molecule has 20 heavy (non-hydrogen) atoms. The van der Waals surface area contributed by atoms with Crippen molar-refractivity contribution in [2.75, 3.05) is 18.6 Å². The van der Waals surface area contributed by atoms with Crippen LogP contribution in [0.15, 0.2) is 18.2 Å². The fourth-order valence-corrected chi connectivity index (χ4v) is 1.86. The van der Waals surface area contributed by atoms with E-state index >= 15 is 0 Å². The number of anilines is 1. The molecule has 108 valence electrons. The molecule has 0 saturated carbocycles. The number of ether oxygens (including phenoxy) is 2. The summed E-state index contributed by atoms with van der Waals surface area (Å²) in [5, 5.41) is 14.3. The normalized spacial score (nSPS) is 24.4. The summed E-state index contributed by atoms with van der Waals surface area (Å²) in [6.07, 6.45) is -1.25. The fourth-order valence-electron chi connectivity index (χ4n) is 1.86. The molecule has 0 aliphatic carbocycles. The van der Waals surface area contributed by atoms with Crippen LogP contribution in [0.1, 0.15) is 0 Å². The molecule has 3 rings (SSSR count). The summed E-state index contributed by atoms with van der Waals surface area (Å²) in [4.78, 5) is 20.4. The number of rotatable bonds is 4. The first kappa shape index (κ1) is 12.9. The van der Waals surface area contributed by atoms with Gasteiger partial charge in [-0.15, -0.1) is 0 Å². The number of fused-ring (bicyclic) bond motifs is 1. The van der Waals surface area contributed by atoms with Crippen molar-refractivity contribution < 1.29 is 29.0 Å². The van der Waals surface area contributed by atoms with E-state index in [9.17, 15) is 4.79 Å². The number of benzene rings is 1. The van der Waals surface area contributed by atoms with Crippen LogP contribution in [0.25, 0.3) is 0 Å². The average molecular weight is 283 g/mol. The predicted molar refractivity (Wildman–Crippen MR) is 64.7 cm³/mol. The molecule has 0 bridgehead atoms. The van der Waals surface area contributed by atoms with Crippen molar-refractivity contribution in [3.8, 4) is 11.5 Å². The molecule has 0 spiro atoms. The number of nitrogens with one attached hydrogen (secondary N) is 3.